The zero-order valence-corrected chi connectivity index (χ0v) is 9.97. The second-order valence-electron chi connectivity index (χ2n) is 3.84. The van der Waals surface area contributed by atoms with Crippen LogP contribution in [-0.2, 0) is 4.79 Å². The molecule has 3 heteroatoms. The second-order valence-corrected chi connectivity index (χ2v) is 4.28. The van der Waals surface area contributed by atoms with Gasteiger partial charge in [-0.3, -0.25) is 4.79 Å². The van der Waals surface area contributed by atoms with Crippen LogP contribution in [0.5, 0.6) is 5.75 Å². The van der Waals surface area contributed by atoms with Crippen LogP contribution in [0.1, 0.15) is 27.2 Å². The summed E-state index contributed by atoms with van der Waals surface area (Å²) in [5.41, 5.74) is -0.775. The van der Waals surface area contributed by atoms with Crippen molar-refractivity contribution in [3.05, 3.63) is 29.3 Å². The maximum atomic E-state index is 11.6. The number of halogens is 1. The first-order valence-electron chi connectivity index (χ1n) is 4.93. The molecule has 82 valence electrons. The minimum absolute atomic E-state index is 0.0810. The van der Waals surface area contributed by atoms with E-state index in [4.69, 9.17) is 16.3 Å². The van der Waals surface area contributed by atoms with Gasteiger partial charge >= 0.3 is 0 Å². The molecule has 0 saturated carbocycles. The highest BCUT2D eigenvalue weighted by molar-refractivity contribution is 6.30. The van der Waals surface area contributed by atoms with Gasteiger partial charge in [0.2, 0.25) is 0 Å². The van der Waals surface area contributed by atoms with E-state index in [1.165, 1.54) is 0 Å². The quantitative estimate of drug-likeness (QED) is 0.786. The van der Waals surface area contributed by atoms with Crippen molar-refractivity contribution < 1.29 is 9.53 Å². The SMILES string of the molecule is CCC(=O)C(C)(C)Oc1ccc(Cl)cc1. The molecule has 1 aromatic carbocycles. The van der Waals surface area contributed by atoms with Crippen LogP contribution in [0, 0.1) is 0 Å². The van der Waals surface area contributed by atoms with Crippen molar-refractivity contribution in [3.63, 3.8) is 0 Å². The van der Waals surface area contributed by atoms with Crippen molar-refractivity contribution >= 4 is 17.4 Å². The molecule has 0 radical (unpaired) electrons. The van der Waals surface area contributed by atoms with Gasteiger partial charge in [-0.1, -0.05) is 18.5 Å². The number of Topliss-reactive ketones (excluding diaryl/α,β-unsaturated/α-hetero) is 1. The van der Waals surface area contributed by atoms with Crippen LogP contribution < -0.4 is 4.74 Å². The number of rotatable bonds is 4. The smallest absolute Gasteiger partial charge is 0.175 e. The molecule has 0 aliphatic rings. The zero-order valence-electron chi connectivity index (χ0n) is 9.21. The Morgan fingerprint density at radius 3 is 2.33 bits per heavy atom. The Morgan fingerprint density at radius 1 is 1.33 bits per heavy atom. The molecule has 1 rings (SSSR count). The Kier molecular flexibility index (Phi) is 3.75. The highest BCUT2D eigenvalue weighted by Gasteiger charge is 2.27. The Bertz CT molecular complexity index is 341. The lowest BCUT2D eigenvalue weighted by Crippen LogP contribution is -2.37. The number of ether oxygens (including phenoxy) is 1. The molecule has 0 unspecified atom stereocenters. The summed E-state index contributed by atoms with van der Waals surface area (Å²) >= 11 is 5.75. The summed E-state index contributed by atoms with van der Waals surface area (Å²) in [5.74, 6) is 0.739. The van der Waals surface area contributed by atoms with Crippen LogP contribution in [0.4, 0.5) is 0 Å². The van der Waals surface area contributed by atoms with Gasteiger partial charge in [0.25, 0.3) is 0 Å². The summed E-state index contributed by atoms with van der Waals surface area (Å²) in [6.45, 7) is 5.37. The van der Waals surface area contributed by atoms with E-state index in [0.29, 0.717) is 17.2 Å². The molecule has 0 aliphatic heterocycles. The van der Waals surface area contributed by atoms with Gasteiger partial charge in [-0.2, -0.15) is 0 Å². The van der Waals surface area contributed by atoms with Gasteiger partial charge in [-0.05, 0) is 38.1 Å². The predicted molar refractivity (Wildman–Crippen MR) is 61.5 cm³/mol. The second kappa shape index (κ2) is 4.67. The fourth-order valence-corrected chi connectivity index (χ4v) is 1.41. The Hall–Kier alpha value is -1.02. The Balaban J connectivity index is 2.77. The molecule has 0 aliphatic carbocycles. The molecule has 0 aromatic heterocycles. The fourth-order valence-electron chi connectivity index (χ4n) is 1.28. The molecule has 0 fully saturated rings. The van der Waals surface area contributed by atoms with Gasteiger partial charge in [-0.15, -0.1) is 0 Å². The lowest BCUT2D eigenvalue weighted by Gasteiger charge is -2.24. The van der Waals surface area contributed by atoms with Crippen LogP contribution in [-0.4, -0.2) is 11.4 Å². The normalized spacial score (nSPS) is 11.2. The largest absolute Gasteiger partial charge is 0.480 e. The van der Waals surface area contributed by atoms with Crippen LogP contribution >= 0.6 is 11.6 Å². The molecule has 0 atom stereocenters. The Morgan fingerprint density at radius 2 is 1.87 bits per heavy atom. The van der Waals surface area contributed by atoms with E-state index in [9.17, 15) is 4.79 Å². The summed E-state index contributed by atoms with van der Waals surface area (Å²) in [4.78, 5) is 11.6. The van der Waals surface area contributed by atoms with Crippen LogP contribution in [0.15, 0.2) is 24.3 Å². The highest BCUT2D eigenvalue weighted by Crippen LogP contribution is 2.21. The number of benzene rings is 1. The minimum Gasteiger partial charge on any atom is -0.480 e. The van der Waals surface area contributed by atoms with E-state index in [0.717, 1.165) is 0 Å². The first-order valence-corrected chi connectivity index (χ1v) is 5.31. The van der Waals surface area contributed by atoms with Gasteiger partial charge in [-0.25, -0.2) is 0 Å². The third-order valence-electron chi connectivity index (χ3n) is 2.18. The van der Waals surface area contributed by atoms with Crippen LogP contribution in [0.3, 0.4) is 0 Å². The van der Waals surface area contributed by atoms with Gasteiger partial charge in [0.05, 0.1) is 0 Å². The van der Waals surface area contributed by atoms with Crippen molar-refractivity contribution in [3.8, 4) is 5.75 Å². The molecular formula is C12H15ClO2. The molecule has 0 N–H and O–H groups in total. The molecule has 0 saturated heterocycles. The van der Waals surface area contributed by atoms with Gasteiger partial charge in [0.15, 0.2) is 11.4 Å². The lowest BCUT2D eigenvalue weighted by atomic mass is 10.0. The predicted octanol–water partition coefficient (Wildman–Crippen LogP) is 3.48. The van der Waals surface area contributed by atoms with Crippen molar-refractivity contribution in [2.75, 3.05) is 0 Å². The highest BCUT2D eigenvalue weighted by atomic mass is 35.5. The van der Waals surface area contributed by atoms with E-state index in [1.54, 1.807) is 38.1 Å². The molecule has 0 amide bonds. The Labute approximate surface area is 95.2 Å². The van der Waals surface area contributed by atoms with Crippen molar-refractivity contribution in [1.29, 1.82) is 0 Å². The topological polar surface area (TPSA) is 26.3 Å². The van der Waals surface area contributed by atoms with Crippen LogP contribution in [0.25, 0.3) is 0 Å². The molecule has 0 heterocycles. The average Bonchev–Trinajstić information content (AvgIpc) is 2.20. The molecule has 0 spiro atoms. The fraction of sp³-hybridized carbons (Fsp3) is 0.417. The number of hydrogen-bond acceptors (Lipinski definition) is 2. The van der Waals surface area contributed by atoms with Gasteiger partial charge < -0.3 is 4.74 Å². The summed E-state index contributed by atoms with van der Waals surface area (Å²) in [7, 11) is 0. The van der Waals surface area contributed by atoms with E-state index < -0.39 is 5.60 Å². The number of carbonyl (C=O) groups excluding carboxylic acids is 1. The van der Waals surface area contributed by atoms with E-state index >= 15 is 0 Å². The monoisotopic (exact) mass is 226 g/mol. The molecule has 1 aromatic rings. The number of hydrogen-bond donors (Lipinski definition) is 0. The number of carbonyl (C=O) groups is 1. The minimum atomic E-state index is -0.775. The van der Waals surface area contributed by atoms with Gasteiger partial charge in [0.1, 0.15) is 5.75 Å². The maximum absolute atomic E-state index is 11.6. The molecule has 0 bridgehead atoms. The summed E-state index contributed by atoms with van der Waals surface area (Å²) in [6, 6.07) is 6.99. The van der Waals surface area contributed by atoms with Crippen molar-refractivity contribution in [2.45, 2.75) is 32.8 Å². The average molecular weight is 227 g/mol. The first kappa shape index (κ1) is 12.1. The van der Waals surface area contributed by atoms with E-state index in [1.807, 2.05) is 6.92 Å². The van der Waals surface area contributed by atoms with E-state index in [-0.39, 0.29) is 5.78 Å². The van der Waals surface area contributed by atoms with E-state index in [2.05, 4.69) is 0 Å². The summed E-state index contributed by atoms with van der Waals surface area (Å²) < 4.78 is 5.60. The first-order chi connectivity index (χ1) is 6.95. The molecule has 15 heavy (non-hydrogen) atoms. The molecular weight excluding hydrogens is 212 g/mol. The van der Waals surface area contributed by atoms with Crippen LogP contribution in [0.2, 0.25) is 5.02 Å². The molecule has 2 nitrogen and oxygen atoms in total. The third-order valence-corrected chi connectivity index (χ3v) is 2.43. The summed E-state index contributed by atoms with van der Waals surface area (Å²) in [6.07, 6.45) is 0.473. The maximum Gasteiger partial charge on any atom is 0.175 e. The zero-order chi connectivity index (χ0) is 11.5. The van der Waals surface area contributed by atoms with Crippen molar-refractivity contribution in [2.24, 2.45) is 0 Å². The van der Waals surface area contributed by atoms with Gasteiger partial charge in [0, 0.05) is 11.4 Å². The summed E-state index contributed by atoms with van der Waals surface area (Å²) in [5, 5.41) is 0.655. The van der Waals surface area contributed by atoms with Crippen molar-refractivity contribution in [1.82, 2.24) is 0 Å². The number of ketones is 1. The standard InChI is InChI=1S/C12H15ClO2/c1-4-11(14)12(2,3)15-10-7-5-9(13)6-8-10/h5-8H,4H2,1-3H3. The lowest BCUT2D eigenvalue weighted by molar-refractivity contribution is -0.131. The third kappa shape index (κ3) is 3.24.